The fourth-order valence-corrected chi connectivity index (χ4v) is 4.54. The average molecular weight is 409 g/mol. The zero-order chi connectivity index (χ0) is 20.3. The van der Waals surface area contributed by atoms with Gasteiger partial charge in [-0.2, -0.15) is 0 Å². The van der Waals surface area contributed by atoms with Gasteiger partial charge in [0.15, 0.2) is 5.82 Å². The van der Waals surface area contributed by atoms with Crippen molar-refractivity contribution in [1.82, 2.24) is 10.2 Å². The highest BCUT2D eigenvalue weighted by Crippen LogP contribution is 2.31. The Bertz CT molecular complexity index is 1070. The molecule has 0 aliphatic carbocycles. The molecule has 1 aliphatic rings. The second-order valence-corrected chi connectivity index (χ2v) is 8.97. The maximum atomic E-state index is 12.5. The lowest BCUT2D eigenvalue weighted by Crippen LogP contribution is -2.29. The molecule has 0 saturated carbocycles. The first-order chi connectivity index (χ1) is 14.0. The van der Waals surface area contributed by atoms with Crippen molar-refractivity contribution in [3.8, 4) is 11.3 Å². The first kappa shape index (κ1) is 19.4. The van der Waals surface area contributed by atoms with Crippen molar-refractivity contribution in [1.29, 1.82) is 0 Å². The maximum absolute atomic E-state index is 12.5. The summed E-state index contributed by atoms with van der Waals surface area (Å²) in [6, 6.07) is 18.3. The number of aryl methyl sites for hydroxylation is 1. The Morgan fingerprint density at radius 2 is 1.59 bits per heavy atom. The fraction of sp³-hybridized carbons (Fsp3) is 0.273. The van der Waals surface area contributed by atoms with Gasteiger partial charge in [-0.25, -0.2) is 8.42 Å². The number of piperidine rings is 1. The number of aromatic nitrogens is 2. The second-order valence-electron chi connectivity index (χ2n) is 7.29. The molecule has 29 heavy (non-hydrogen) atoms. The molecule has 7 heteroatoms. The van der Waals surface area contributed by atoms with Crippen LogP contribution in [0, 0.1) is 6.92 Å². The minimum atomic E-state index is -3.69. The molecule has 1 N–H and O–H groups in total. The van der Waals surface area contributed by atoms with E-state index in [9.17, 15) is 8.42 Å². The number of rotatable bonds is 5. The van der Waals surface area contributed by atoms with Gasteiger partial charge in [0.2, 0.25) is 0 Å². The van der Waals surface area contributed by atoms with Gasteiger partial charge in [0.1, 0.15) is 0 Å². The Morgan fingerprint density at radius 1 is 0.862 bits per heavy atom. The van der Waals surface area contributed by atoms with Crippen molar-refractivity contribution in [3.63, 3.8) is 0 Å². The molecule has 6 nitrogen and oxygen atoms in total. The van der Waals surface area contributed by atoms with Crippen LogP contribution in [0.15, 0.2) is 65.6 Å². The predicted octanol–water partition coefficient (Wildman–Crippen LogP) is 4.24. The number of hydrogen-bond donors (Lipinski definition) is 1. The molecule has 4 rings (SSSR count). The van der Waals surface area contributed by atoms with Crippen molar-refractivity contribution in [2.75, 3.05) is 22.7 Å². The van der Waals surface area contributed by atoms with Crippen LogP contribution in [0.3, 0.4) is 0 Å². The van der Waals surface area contributed by atoms with Gasteiger partial charge in [0, 0.05) is 24.3 Å². The maximum Gasteiger partial charge on any atom is 0.263 e. The Morgan fingerprint density at radius 3 is 2.28 bits per heavy atom. The summed E-state index contributed by atoms with van der Waals surface area (Å²) < 4.78 is 27.6. The zero-order valence-electron chi connectivity index (χ0n) is 16.4. The fourth-order valence-electron chi connectivity index (χ4n) is 3.55. The van der Waals surface area contributed by atoms with Crippen LogP contribution in [0.4, 0.5) is 11.5 Å². The normalized spacial score (nSPS) is 14.6. The van der Waals surface area contributed by atoms with Gasteiger partial charge in [-0.15, -0.1) is 10.2 Å². The van der Waals surface area contributed by atoms with E-state index >= 15 is 0 Å². The summed E-state index contributed by atoms with van der Waals surface area (Å²) in [5, 5.41) is 8.40. The largest absolute Gasteiger partial charge is 0.371 e. The molecule has 0 amide bonds. The number of sulfonamides is 1. The molecule has 0 spiro atoms. The van der Waals surface area contributed by atoms with Crippen LogP contribution in [-0.4, -0.2) is 31.7 Å². The molecule has 0 bridgehead atoms. The Labute approximate surface area is 171 Å². The Kier molecular flexibility index (Phi) is 5.49. The highest BCUT2D eigenvalue weighted by Gasteiger charge is 2.17. The summed E-state index contributed by atoms with van der Waals surface area (Å²) in [4.78, 5) is 2.58. The molecule has 0 radical (unpaired) electrons. The highest BCUT2D eigenvalue weighted by molar-refractivity contribution is 7.92. The van der Waals surface area contributed by atoms with Crippen molar-refractivity contribution >= 4 is 21.5 Å². The van der Waals surface area contributed by atoms with Crippen LogP contribution in [0.1, 0.15) is 24.8 Å². The molecule has 3 aromatic rings. The Hall–Kier alpha value is -2.93. The van der Waals surface area contributed by atoms with Crippen molar-refractivity contribution in [2.45, 2.75) is 31.1 Å². The van der Waals surface area contributed by atoms with Crippen LogP contribution in [-0.2, 0) is 10.0 Å². The van der Waals surface area contributed by atoms with E-state index in [0.29, 0.717) is 0 Å². The minimum Gasteiger partial charge on any atom is -0.371 e. The number of para-hydroxylation sites is 1. The van der Waals surface area contributed by atoms with E-state index in [1.54, 1.807) is 30.3 Å². The number of anilines is 2. The van der Waals surface area contributed by atoms with Crippen LogP contribution < -0.4 is 9.62 Å². The summed E-state index contributed by atoms with van der Waals surface area (Å²) in [6.45, 7) is 3.99. The summed E-state index contributed by atoms with van der Waals surface area (Å²) >= 11 is 0. The first-order valence-electron chi connectivity index (χ1n) is 9.80. The number of nitrogens with one attached hydrogen (secondary N) is 1. The van der Waals surface area contributed by atoms with Crippen LogP contribution in [0.25, 0.3) is 11.3 Å². The van der Waals surface area contributed by atoms with E-state index in [4.69, 9.17) is 0 Å². The van der Waals surface area contributed by atoms with Gasteiger partial charge >= 0.3 is 0 Å². The summed E-state index contributed by atoms with van der Waals surface area (Å²) in [6.07, 6.45) is 3.66. The molecule has 2 heterocycles. The number of benzene rings is 2. The molecule has 0 atom stereocenters. The number of hydrogen-bond acceptors (Lipinski definition) is 5. The lowest BCUT2D eigenvalue weighted by molar-refractivity contribution is 0.578. The second kappa shape index (κ2) is 8.21. The summed E-state index contributed by atoms with van der Waals surface area (Å²) in [7, 11) is -3.69. The van der Waals surface area contributed by atoms with E-state index in [1.165, 1.54) is 19.3 Å². The van der Waals surface area contributed by atoms with Crippen molar-refractivity contribution < 1.29 is 8.42 Å². The van der Waals surface area contributed by atoms with Crippen molar-refractivity contribution in [2.24, 2.45) is 0 Å². The topological polar surface area (TPSA) is 75.2 Å². The lowest BCUT2D eigenvalue weighted by atomic mass is 10.0. The third kappa shape index (κ3) is 4.40. The molecular weight excluding hydrogens is 384 g/mol. The van der Waals surface area contributed by atoms with E-state index in [1.807, 2.05) is 31.2 Å². The van der Waals surface area contributed by atoms with Gasteiger partial charge in [-0.3, -0.25) is 4.72 Å². The molecular formula is C22H24N4O2S. The highest BCUT2D eigenvalue weighted by atomic mass is 32.2. The number of nitrogens with zero attached hydrogens (tertiary/aromatic N) is 3. The third-order valence-corrected chi connectivity index (χ3v) is 6.48. The molecule has 0 unspecified atom stereocenters. The molecule has 1 aromatic heterocycles. The van der Waals surface area contributed by atoms with Gasteiger partial charge < -0.3 is 4.90 Å². The molecule has 1 fully saturated rings. The van der Waals surface area contributed by atoms with Crippen molar-refractivity contribution in [3.05, 3.63) is 66.2 Å². The van der Waals surface area contributed by atoms with Gasteiger partial charge in [0.05, 0.1) is 10.6 Å². The van der Waals surface area contributed by atoms with Gasteiger partial charge in [-0.1, -0.05) is 35.9 Å². The van der Waals surface area contributed by atoms with E-state index < -0.39 is 10.0 Å². The van der Waals surface area contributed by atoms with E-state index in [-0.39, 0.29) is 10.7 Å². The first-order valence-corrected chi connectivity index (χ1v) is 11.3. The molecule has 1 aliphatic heterocycles. The van der Waals surface area contributed by atoms with Gasteiger partial charge in [0.25, 0.3) is 10.0 Å². The third-order valence-electron chi connectivity index (χ3n) is 5.11. The monoisotopic (exact) mass is 408 g/mol. The quantitative estimate of drug-likeness (QED) is 0.683. The van der Waals surface area contributed by atoms with Crippen LogP contribution >= 0.6 is 0 Å². The molecule has 150 valence electrons. The standard InChI is InChI=1S/C22H24N4O2S/c1-17-9-11-18(12-10-17)29(27,28)25-22-14-13-20(23-24-22)19-7-3-4-8-21(19)26-15-5-2-6-16-26/h3-4,7-14H,2,5-6,15-16H2,1H3,(H,24,25). The average Bonchev–Trinajstić information content (AvgIpc) is 2.75. The molecule has 1 saturated heterocycles. The predicted molar refractivity (Wildman–Crippen MR) is 116 cm³/mol. The summed E-state index contributed by atoms with van der Waals surface area (Å²) in [5.41, 5.74) is 3.88. The summed E-state index contributed by atoms with van der Waals surface area (Å²) in [5.74, 6) is 0.199. The lowest BCUT2D eigenvalue weighted by Gasteiger charge is -2.30. The SMILES string of the molecule is Cc1ccc(S(=O)(=O)Nc2ccc(-c3ccccc3N3CCCCC3)nn2)cc1. The van der Waals surface area contributed by atoms with Crippen LogP contribution in [0.5, 0.6) is 0 Å². The smallest absolute Gasteiger partial charge is 0.263 e. The van der Waals surface area contributed by atoms with E-state index in [2.05, 4.69) is 25.9 Å². The van der Waals surface area contributed by atoms with Gasteiger partial charge in [-0.05, 0) is 56.5 Å². The van der Waals surface area contributed by atoms with Crippen LogP contribution in [0.2, 0.25) is 0 Å². The van der Waals surface area contributed by atoms with E-state index in [0.717, 1.165) is 35.6 Å². The minimum absolute atomic E-state index is 0.199. The zero-order valence-corrected chi connectivity index (χ0v) is 17.2. The molecule has 2 aromatic carbocycles. The Balaban J connectivity index is 1.56.